The zero-order valence-corrected chi connectivity index (χ0v) is 21.7. The van der Waals surface area contributed by atoms with Gasteiger partial charge < -0.3 is 9.84 Å². The van der Waals surface area contributed by atoms with E-state index in [4.69, 9.17) is 21.3 Å². The molecule has 0 saturated carbocycles. The SMILES string of the molecule is O=C(O)CC(Cc1ccccc1)C(=O)N(CCOCc1ccccc1)c1nc(-c2ccccc2Cl)cs1. The fourth-order valence-corrected chi connectivity index (χ4v) is 5.07. The van der Waals surface area contributed by atoms with Crippen molar-refractivity contribution in [3.8, 4) is 11.3 Å². The number of carboxylic acid groups (broad SMARTS) is 1. The van der Waals surface area contributed by atoms with Gasteiger partial charge in [0.15, 0.2) is 5.13 Å². The van der Waals surface area contributed by atoms with E-state index in [-0.39, 0.29) is 25.5 Å². The van der Waals surface area contributed by atoms with Crippen molar-refractivity contribution in [1.82, 2.24) is 4.98 Å². The number of aromatic nitrogens is 1. The van der Waals surface area contributed by atoms with Crippen molar-refractivity contribution in [2.45, 2.75) is 19.4 Å². The summed E-state index contributed by atoms with van der Waals surface area (Å²) >= 11 is 7.69. The maximum atomic E-state index is 13.8. The van der Waals surface area contributed by atoms with Crippen LogP contribution in [0, 0.1) is 5.92 Å². The number of hydrogen-bond donors (Lipinski definition) is 1. The van der Waals surface area contributed by atoms with Gasteiger partial charge in [-0.25, -0.2) is 4.98 Å². The number of carbonyl (C=O) groups excluding carboxylic acids is 1. The lowest BCUT2D eigenvalue weighted by Crippen LogP contribution is -2.40. The molecule has 0 saturated heterocycles. The quantitative estimate of drug-likeness (QED) is 0.214. The third-order valence-electron chi connectivity index (χ3n) is 5.80. The highest BCUT2D eigenvalue weighted by atomic mass is 35.5. The Morgan fingerprint density at radius 3 is 2.27 bits per heavy atom. The third kappa shape index (κ3) is 7.49. The highest BCUT2D eigenvalue weighted by Crippen LogP contribution is 2.32. The van der Waals surface area contributed by atoms with Gasteiger partial charge in [-0.2, -0.15) is 0 Å². The number of carboxylic acids is 1. The van der Waals surface area contributed by atoms with Crippen molar-refractivity contribution in [3.63, 3.8) is 0 Å². The molecule has 0 fully saturated rings. The maximum Gasteiger partial charge on any atom is 0.304 e. The van der Waals surface area contributed by atoms with Crippen LogP contribution in [-0.4, -0.2) is 35.1 Å². The fourth-order valence-electron chi connectivity index (χ4n) is 3.98. The molecule has 4 rings (SSSR count). The summed E-state index contributed by atoms with van der Waals surface area (Å²) in [6.07, 6.45) is 0.0357. The van der Waals surface area contributed by atoms with Crippen LogP contribution in [0.2, 0.25) is 5.02 Å². The molecule has 1 atom stereocenters. The van der Waals surface area contributed by atoms with Crippen LogP contribution in [0.3, 0.4) is 0 Å². The van der Waals surface area contributed by atoms with Gasteiger partial charge in [-0.1, -0.05) is 90.5 Å². The first-order valence-electron chi connectivity index (χ1n) is 11.9. The van der Waals surface area contributed by atoms with E-state index in [0.717, 1.165) is 16.7 Å². The van der Waals surface area contributed by atoms with Crippen molar-refractivity contribution in [1.29, 1.82) is 0 Å². The van der Waals surface area contributed by atoms with Crippen molar-refractivity contribution < 1.29 is 19.4 Å². The molecular formula is C29H27ClN2O4S. The predicted molar refractivity (Wildman–Crippen MR) is 147 cm³/mol. The number of hydrogen-bond acceptors (Lipinski definition) is 5. The van der Waals surface area contributed by atoms with Gasteiger partial charge in [0.1, 0.15) is 0 Å². The Morgan fingerprint density at radius 2 is 1.59 bits per heavy atom. The fraction of sp³-hybridized carbons (Fsp3) is 0.207. The number of halogens is 1. The van der Waals surface area contributed by atoms with E-state index in [9.17, 15) is 14.7 Å². The largest absolute Gasteiger partial charge is 0.481 e. The lowest BCUT2D eigenvalue weighted by atomic mass is 9.95. The molecule has 1 amide bonds. The molecule has 190 valence electrons. The Balaban J connectivity index is 1.57. The Hall–Kier alpha value is -3.52. The number of carbonyl (C=O) groups is 2. The number of benzene rings is 3. The molecule has 1 heterocycles. The summed E-state index contributed by atoms with van der Waals surface area (Å²) in [6.45, 7) is 0.924. The summed E-state index contributed by atoms with van der Waals surface area (Å²) in [7, 11) is 0. The highest BCUT2D eigenvalue weighted by molar-refractivity contribution is 7.14. The summed E-state index contributed by atoms with van der Waals surface area (Å²) < 4.78 is 5.86. The first-order chi connectivity index (χ1) is 18.0. The molecule has 0 radical (unpaired) electrons. The zero-order chi connectivity index (χ0) is 26.0. The molecule has 3 aromatic carbocycles. The molecule has 1 aromatic heterocycles. The predicted octanol–water partition coefficient (Wildman–Crippen LogP) is 6.35. The summed E-state index contributed by atoms with van der Waals surface area (Å²) in [4.78, 5) is 31.7. The molecule has 0 aliphatic rings. The lowest BCUT2D eigenvalue weighted by molar-refractivity contribution is -0.140. The molecule has 37 heavy (non-hydrogen) atoms. The zero-order valence-electron chi connectivity index (χ0n) is 20.1. The molecule has 0 bridgehead atoms. The van der Waals surface area contributed by atoms with Crippen molar-refractivity contribution in [2.24, 2.45) is 5.92 Å². The Morgan fingerprint density at radius 1 is 0.946 bits per heavy atom. The molecule has 1 N–H and O–H groups in total. The van der Waals surface area contributed by atoms with Crippen LogP contribution < -0.4 is 4.90 Å². The number of amides is 1. The number of anilines is 1. The van der Waals surface area contributed by atoms with E-state index in [1.807, 2.05) is 84.2 Å². The summed E-state index contributed by atoms with van der Waals surface area (Å²) in [5.74, 6) is -2.07. The van der Waals surface area contributed by atoms with Crippen LogP contribution in [0.25, 0.3) is 11.3 Å². The Labute approximate surface area is 225 Å². The van der Waals surface area contributed by atoms with E-state index in [1.165, 1.54) is 11.3 Å². The van der Waals surface area contributed by atoms with Gasteiger partial charge in [0, 0.05) is 16.0 Å². The van der Waals surface area contributed by atoms with Crippen molar-refractivity contribution in [2.75, 3.05) is 18.1 Å². The molecular weight excluding hydrogens is 508 g/mol. The van der Waals surface area contributed by atoms with Crippen LogP contribution >= 0.6 is 22.9 Å². The van der Waals surface area contributed by atoms with E-state index in [2.05, 4.69) is 0 Å². The van der Waals surface area contributed by atoms with Gasteiger partial charge in [0.2, 0.25) is 5.91 Å². The van der Waals surface area contributed by atoms with E-state index in [0.29, 0.717) is 28.9 Å². The standard InChI is InChI=1S/C29H27ClN2O4S/c30-25-14-8-7-13-24(25)26-20-37-29(31-26)32(15-16-36-19-22-11-5-2-6-12-22)28(35)23(18-27(33)34)17-21-9-3-1-4-10-21/h1-14,20,23H,15-19H2,(H,33,34). The highest BCUT2D eigenvalue weighted by Gasteiger charge is 2.29. The van der Waals surface area contributed by atoms with Crippen LogP contribution in [0.4, 0.5) is 5.13 Å². The van der Waals surface area contributed by atoms with Gasteiger partial charge >= 0.3 is 5.97 Å². The number of ether oxygens (including phenoxy) is 1. The second-order valence-electron chi connectivity index (χ2n) is 8.51. The van der Waals surface area contributed by atoms with Crippen LogP contribution in [0.5, 0.6) is 0 Å². The minimum atomic E-state index is -1.02. The molecule has 0 aliphatic heterocycles. The second kappa shape index (κ2) is 13.1. The molecule has 0 spiro atoms. The lowest BCUT2D eigenvalue weighted by Gasteiger charge is -2.25. The molecule has 6 nitrogen and oxygen atoms in total. The summed E-state index contributed by atoms with van der Waals surface area (Å²) in [6, 6.07) is 26.6. The van der Waals surface area contributed by atoms with E-state index in [1.54, 1.807) is 11.0 Å². The summed E-state index contributed by atoms with van der Waals surface area (Å²) in [5, 5.41) is 12.5. The Kier molecular flexibility index (Phi) is 9.43. The average molecular weight is 535 g/mol. The normalized spacial score (nSPS) is 11.7. The topological polar surface area (TPSA) is 79.7 Å². The number of aliphatic carboxylic acids is 1. The Bertz CT molecular complexity index is 1310. The van der Waals surface area contributed by atoms with E-state index >= 15 is 0 Å². The second-order valence-corrected chi connectivity index (χ2v) is 9.75. The van der Waals surface area contributed by atoms with Gasteiger partial charge in [-0.05, 0) is 23.6 Å². The van der Waals surface area contributed by atoms with Gasteiger partial charge in [0.25, 0.3) is 0 Å². The van der Waals surface area contributed by atoms with Gasteiger partial charge in [-0.3, -0.25) is 14.5 Å². The third-order valence-corrected chi connectivity index (χ3v) is 7.00. The first kappa shape index (κ1) is 26.5. The number of rotatable bonds is 12. The molecule has 4 aromatic rings. The van der Waals surface area contributed by atoms with Crippen LogP contribution in [-0.2, 0) is 27.4 Å². The monoisotopic (exact) mass is 534 g/mol. The molecule has 8 heteroatoms. The minimum absolute atomic E-state index is 0.242. The van der Waals surface area contributed by atoms with E-state index < -0.39 is 11.9 Å². The number of thiazole rings is 1. The van der Waals surface area contributed by atoms with Gasteiger partial charge in [-0.15, -0.1) is 11.3 Å². The first-order valence-corrected chi connectivity index (χ1v) is 13.2. The number of nitrogens with zero attached hydrogens (tertiary/aromatic N) is 2. The summed E-state index contributed by atoms with van der Waals surface area (Å²) in [5.41, 5.74) is 3.36. The maximum absolute atomic E-state index is 13.8. The van der Waals surface area contributed by atoms with Crippen molar-refractivity contribution in [3.05, 3.63) is 106 Å². The van der Waals surface area contributed by atoms with Gasteiger partial charge in [0.05, 0.1) is 37.8 Å². The molecule has 0 aliphatic carbocycles. The molecule has 1 unspecified atom stereocenters. The smallest absolute Gasteiger partial charge is 0.304 e. The van der Waals surface area contributed by atoms with Crippen molar-refractivity contribution >= 4 is 39.9 Å². The van der Waals surface area contributed by atoms with Crippen LogP contribution in [0.15, 0.2) is 90.3 Å². The van der Waals surface area contributed by atoms with Crippen LogP contribution in [0.1, 0.15) is 17.5 Å². The average Bonchev–Trinajstić information content (AvgIpc) is 3.39. The minimum Gasteiger partial charge on any atom is -0.481 e.